The molecule has 0 bridgehead atoms. The van der Waals surface area contributed by atoms with Crippen LogP contribution in [0.1, 0.15) is 28.8 Å². The Kier molecular flexibility index (Phi) is 7.99. The standard InChI is InChI=1S/C21H24O8/c1-13(24-2)28-29-21(23)18(14-9-7-6-8-10-14)20(22)19-16(26-4)11-15(25-3)12-17(19)27-5/h6-13,18H,1-5H3. The van der Waals surface area contributed by atoms with Crippen molar-refractivity contribution in [1.82, 2.24) is 0 Å². The number of Topliss-reactive ketones (excluding diaryl/α,β-unsaturated/α-hetero) is 1. The third-order valence-corrected chi connectivity index (χ3v) is 4.19. The fourth-order valence-corrected chi connectivity index (χ4v) is 2.64. The van der Waals surface area contributed by atoms with Crippen LogP contribution >= 0.6 is 0 Å². The first-order valence-corrected chi connectivity index (χ1v) is 8.75. The predicted molar refractivity (Wildman–Crippen MR) is 103 cm³/mol. The van der Waals surface area contributed by atoms with Gasteiger partial charge < -0.3 is 18.9 Å². The first kappa shape index (κ1) is 22.2. The number of methoxy groups -OCH3 is 4. The largest absolute Gasteiger partial charge is 0.496 e. The molecule has 2 rings (SSSR count). The monoisotopic (exact) mass is 404 g/mol. The van der Waals surface area contributed by atoms with Crippen LogP contribution in [0.15, 0.2) is 42.5 Å². The highest BCUT2D eigenvalue weighted by Crippen LogP contribution is 2.37. The van der Waals surface area contributed by atoms with Crippen LogP contribution in [0.5, 0.6) is 17.2 Å². The van der Waals surface area contributed by atoms with Crippen molar-refractivity contribution in [3.05, 3.63) is 53.6 Å². The molecule has 2 atom stereocenters. The molecule has 2 aromatic rings. The fraction of sp³-hybridized carbons (Fsp3) is 0.333. The molecule has 156 valence electrons. The molecular formula is C21H24O8. The van der Waals surface area contributed by atoms with Crippen molar-refractivity contribution in [2.24, 2.45) is 0 Å². The quantitative estimate of drug-likeness (QED) is 0.196. The lowest BCUT2D eigenvalue weighted by Crippen LogP contribution is -2.27. The molecule has 0 aliphatic rings. The summed E-state index contributed by atoms with van der Waals surface area (Å²) in [5.74, 6) is -1.95. The fourth-order valence-electron chi connectivity index (χ4n) is 2.64. The summed E-state index contributed by atoms with van der Waals surface area (Å²) in [5, 5.41) is 0. The zero-order valence-electron chi connectivity index (χ0n) is 17.0. The highest BCUT2D eigenvalue weighted by molar-refractivity contribution is 6.15. The molecular weight excluding hydrogens is 380 g/mol. The van der Waals surface area contributed by atoms with Gasteiger partial charge in [-0.1, -0.05) is 30.3 Å². The first-order valence-electron chi connectivity index (χ1n) is 8.75. The third kappa shape index (κ3) is 5.24. The summed E-state index contributed by atoms with van der Waals surface area (Å²) in [5.41, 5.74) is 0.512. The average Bonchev–Trinajstić information content (AvgIpc) is 2.76. The Hall–Kier alpha value is -3.10. The summed E-state index contributed by atoms with van der Waals surface area (Å²) in [6, 6.07) is 11.6. The van der Waals surface area contributed by atoms with E-state index in [1.807, 2.05) is 0 Å². The molecule has 29 heavy (non-hydrogen) atoms. The summed E-state index contributed by atoms with van der Waals surface area (Å²) in [4.78, 5) is 36.0. The van der Waals surface area contributed by atoms with Gasteiger partial charge in [-0.05, 0) is 12.5 Å². The maximum atomic E-state index is 13.5. The van der Waals surface area contributed by atoms with Gasteiger partial charge in [-0.25, -0.2) is 4.79 Å². The van der Waals surface area contributed by atoms with Gasteiger partial charge >= 0.3 is 5.97 Å². The van der Waals surface area contributed by atoms with Gasteiger partial charge in [0.15, 0.2) is 12.1 Å². The maximum Gasteiger partial charge on any atom is 0.357 e. The van der Waals surface area contributed by atoms with Crippen LogP contribution in [0, 0.1) is 0 Å². The minimum Gasteiger partial charge on any atom is -0.496 e. The number of benzene rings is 2. The van der Waals surface area contributed by atoms with Gasteiger partial charge in [0.05, 0.1) is 21.3 Å². The number of hydrogen-bond donors (Lipinski definition) is 0. The first-order chi connectivity index (χ1) is 14.0. The smallest absolute Gasteiger partial charge is 0.357 e. The van der Waals surface area contributed by atoms with E-state index in [4.69, 9.17) is 28.7 Å². The van der Waals surface area contributed by atoms with Crippen molar-refractivity contribution in [2.75, 3.05) is 28.4 Å². The summed E-state index contributed by atoms with van der Waals surface area (Å²) in [7, 11) is 5.69. The molecule has 2 aromatic carbocycles. The second-order valence-electron chi connectivity index (χ2n) is 5.92. The van der Waals surface area contributed by atoms with Crippen molar-refractivity contribution in [3.63, 3.8) is 0 Å². The maximum absolute atomic E-state index is 13.5. The van der Waals surface area contributed by atoms with E-state index in [0.29, 0.717) is 11.3 Å². The number of rotatable bonds is 10. The summed E-state index contributed by atoms with van der Waals surface area (Å²) in [6.07, 6.45) is -0.796. The van der Waals surface area contributed by atoms with E-state index in [9.17, 15) is 9.59 Å². The van der Waals surface area contributed by atoms with Crippen LogP contribution in [0.2, 0.25) is 0 Å². The lowest BCUT2D eigenvalue weighted by molar-refractivity contribution is -0.342. The Morgan fingerprint density at radius 1 is 0.862 bits per heavy atom. The predicted octanol–water partition coefficient (Wildman–Crippen LogP) is 3.15. The van der Waals surface area contributed by atoms with Gasteiger partial charge in [-0.2, -0.15) is 4.89 Å². The molecule has 8 heteroatoms. The minimum atomic E-state index is -1.31. The van der Waals surface area contributed by atoms with Gasteiger partial charge in [0.25, 0.3) is 0 Å². The van der Waals surface area contributed by atoms with E-state index in [1.165, 1.54) is 40.6 Å². The third-order valence-electron chi connectivity index (χ3n) is 4.19. The number of carbonyl (C=O) groups excluding carboxylic acids is 2. The molecule has 2 unspecified atom stereocenters. The summed E-state index contributed by atoms with van der Waals surface area (Å²) in [6.45, 7) is 1.54. The molecule has 0 aliphatic carbocycles. The molecule has 0 aliphatic heterocycles. The Labute approximate surface area is 169 Å². The van der Waals surface area contributed by atoms with Crippen molar-refractivity contribution in [3.8, 4) is 17.2 Å². The van der Waals surface area contributed by atoms with Gasteiger partial charge in [0, 0.05) is 19.2 Å². The minimum absolute atomic E-state index is 0.0846. The Morgan fingerprint density at radius 2 is 1.45 bits per heavy atom. The summed E-state index contributed by atoms with van der Waals surface area (Å²) < 4.78 is 20.8. The second-order valence-corrected chi connectivity index (χ2v) is 5.92. The van der Waals surface area contributed by atoms with Crippen molar-refractivity contribution in [2.45, 2.75) is 19.1 Å². The van der Waals surface area contributed by atoms with Crippen LogP contribution < -0.4 is 14.2 Å². The molecule has 0 saturated carbocycles. The van der Waals surface area contributed by atoms with Gasteiger partial charge in [-0.15, -0.1) is 0 Å². The lowest BCUT2D eigenvalue weighted by Gasteiger charge is -2.19. The van der Waals surface area contributed by atoms with Crippen molar-refractivity contribution in [1.29, 1.82) is 0 Å². The van der Waals surface area contributed by atoms with E-state index in [1.54, 1.807) is 37.3 Å². The van der Waals surface area contributed by atoms with Gasteiger partial charge in [0.2, 0.25) is 0 Å². The van der Waals surface area contributed by atoms with Crippen LogP contribution in [0.25, 0.3) is 0 Å². The van der Waals surface area contributed by atoms with E-state index in [-0.39, 0.29) is 17.1 Å². The molecule has 0 N–H and O–H groups in total. The molecule has 0 amide bonds. The number of ketones is 1. The molecule has 0 fully saturated rings. The molecule has 0 radical (unpaired) electrons. The lowest BCUT2D eigenvalue weighted by atomic mass is 9.89. The normalized spacial score (nSPS) is 12.6. The summed E-state index contributed by atoms with van der Waals surface area (Å²) >= 11 is 0. The van der Waals surface area contributed by atoms with Crippen molar-refractivity contribution >= 4 is 11.8 Å². The Bertz CT molecular complexity index is 809. The Morgan fingerprint density at radius 3 is 1.93 bits per heavy atom. The SMILES string of the molecule is COc1cc(OC)c(C(=O)C(C(=O)OOC(C)OC)c2ccccc2)c(OC)c1. The second kappa shape index (κ2) is 10.4. The Balaban J connectivity index is 2.51. The average molecular weight is 404 g/mol. The van der Waals surface area contributed by atoms with Crippen LogP contribution in [-0.4, -0.2) is 46.5 Å². The highest BCUT2D eigenvalue weighted by Gasteiger charge is 2.36. The molecule has 0 aromatic heterocycles. The topological polar surface area (TPSA) is 89.5 Å². The van der Waals surface area contributed by atoms with E-state index < -0.39 is 24.0 Å². The highest BCUT2D eigenvalue weighted by atomic mass is 17.2. The number of ether oxygens (including phenoxy) is 4. The zero-order chi connectivity index (χ0) is 21.4. The molecule has 8 nitrogen and oxygen atoms in total. The van der Waals surface area contributed by atoms with E-state index >= 15 is 0 Å². The molecule has 0 spiro atoms. The number of hydrogen-bond acceptors (Lipinski definition) is 8. The zero-order valence-corrected chi connectivity index (χ0v) is 17.0. The van der Waals surface area contributed by atoms with Crippen LogP contribution in [0.4, 0.5) is 0 Å². The molecule has 0 heterocycles. The van der Waals surface area contributed by atoms with E-state index in [0.717, 1.165) is 0 Å². The van der Waals surface area contributed by atoms with Crippen LogP contribution in [-0.2, 0) is 19.3 Å². The van der Waals surface area contributed by atoms with Crippen LogP contribution in [0.3, 0.4) is 0 Å². The molecule has 0 saturated heterocycles. The number of carbonyl (C=O) groups is 2. The van der Waals surface area contributed by atoms with Crippen molar-refractivity contribution < 1.29 is 38.3 Å². The van der Waals surface area contributed by atoms with Gasteiger partial charge in [-0.3, -0.25) is 9.68 Å². The van der Waals surface area contributed by atoms with Gasteiger partial charge in [0.1, 0.15) is 28.7 Å². The van der Waals surface area contributed by atoms with E-state index in [2.05, 4.69) is 0 Å².